The van der Waals surface area contributed by atoms with Crippen molar-refractivity contribution in [2.45, 2.75) is 6.92 Å². The number of hydrogen-bond donors (Lipinski definition) is 2. The van der Waals surface area contributed by atoms with E-state index in [0.717, 1.165) is 0 Å². The number of carboxylic acid groups (broad SMARTS) is 1. The highest BCUT2D eigenvalue weighted by molar-refractivity contribution is 5.91. The summed E-state index contributed by atoms with van der Waals surface area (Å²) in [5, 5.41) is 8.99. The van der Waals surface area contributed by atoms with Crippen molar-refractivity contribution < 1.29 is 24.2 Å². The molecule has 18 heavy (non-hydrogen) atoms. The van der Waals surface area contributed by atoms with Crippen LogP contribution in [0.4, 0.5) is 0 Å². The Morgan fingerprint density at radius 3 is 2.61 bits per heavy atom. The van der Waals surface area contributed by atoms with Crippen LogP contribution in [0.15, 0.2) is 18.2 Å². The molecule has 98 valence electrons. The summed E-state index contributed by atoms with van der Waals surface area (Å²) in [4.78, 5) is 21.9. The number of carbonyl (C=O) groups is 2. The van der Waals surface area contributed by atoms with Gasteiger partial charge in [0.15, 0.2) is 0 Å². The van der Waals surface area contributed by atoms with E-state index in [0.29, 0.717) is 5.75 Å². The van der Waals surface area contributed by atoms with Gasteiger partial charge in [0.25, 0.3) is 0 Å². The number of aromatic carboxylic acids is 1. The van der Waals surface area contributed by atoms with E-state index in [1.165, 1.54) is 25.3 Å². The minimum Gasteiger partial charge on any atom is -0.497 e. The lowest BCUT2D eigenvalue weighted by Gasteiger charge is -2.13. The zero-order valence-electron chi connectivity index (χ0n) is 10.2. The van der Waals surface area contributed by atoms with Gasteiger partial charge in [-0.3, -0.25) is 4.79 Å². The smallest absolute Gasteiger partial charge is 0.339 e. The average Bonchev–Trinajstić information content (AvgIpc) is 2.34. The minimum atomic E-state index is -1.11. The standard InChI is InChI=1S/C12H15NO5/c1-7(11(13)14)6-18-10-5-8(17-2)3-4-9(10)12(15)16/h3-5,7H,6H2,1-2H3,(H2,13,14)(H,15,16). The number of carboxylic acids is 1. The summed E-state index contributed by atoms with van der Waals surface area (Å²) in [6, 6.07) is 4.36. The Bertz CT molecular complexity index is 458. The van der Waals surface area contributed by atoms with Gasteiger partial charge in [-0.2, -0.15) is 0 Å². The molecule has 0 spiro atoms. The molecule has 6 nitrogen and oxygen atoms in total. The lowest BCUT2D eigenvalue weighted by Crippen LogP contribution is -2.26. The van der Waals surface area contributed by atoms with E-state index in [-0.39, 0.29) is 17.9 Å². The molecule has 0 saturated heterocycles. The van der Waals surface area contributed by atoms with Gasteiger partial charge in [-0.15, -0.1) is 0 Å². The van der Waals surface area contributed by atoms with Gasteiger partial charge in [-0.05, 0) is 12.1 Å². The molecule has 0 aliphatic rings. The first-order valence-corrected chi connectivity index (χ1v) is 5.29. The molecular formula is C12H15NO5. The number of amides is 1. The number of benzene rings is 1. The molecule has 0 saturated carbocycles. The Balaban J connectivity index is 2.90. The first-order chi connectivity index (χ1) is 8.45. The summed E-state index contributed by atoms with van der Waals surface area (Å²) in [5.41, 5.74) is 5.10. The lowest BCUT2D eigenvalue weighted by atomic mass is 10.1. The molecule has 0 heterocycles. The Kier molecular flexibility index (Phi) is 4.53. The molecule has 1 atom stereocenters. The van der Waals surface area contributed by atoms with E-state index in [1.54, 1.807) is 6.92 Å². The van der Waals surface area contributed by atoms with Crippen LogP contribution in [-0.2, 0) is 4.79 Å². The second-order valence-corrected chi connectivity index (χ2v) is 3.78. The van der Waals surface area contributed by atoms with Crippen LogP contribution < -0.4 is 15.2 Å². The zero-order valence-corrected chi connectivity index (χ0v) is 10.2. The van der Waals surface area contributed by atoms with Crippen LogP contribution in [0.3, 0.4) is 0 Å². The predicted molar refractivity (Wildman–Crippen MR) is 63.8 cm³/mol. The van der Waals surface area contributed by atoms with Crippen molar-refractivity contribution in [3.63, 3.8) is 0 Å². The fourth-order valence-electron chi connectivity index (χ4n) is 1.22. The van der Waals surface area contributed by atoms with E-state index in [1.807, 2.05) is 0 Å². The van der Waals surface area contributed by atoms with Crippen LogP contribution in [0.1, 0.15) is 17.3 Å². The SMILES string of the molecule is COc1ccc(C(=O)O)c(OCC(C)C(N)=O)c1. The van der Waals surface area contributed by atoms with Crippen LogP contribution in [-0.4, -0.2) is 30.7 Å². The zero-order chi connectivity index (χ0) is 13.7. The molecule has 6 heteroatoms. The summed E-state index contributed by atoms with van der Waals surface area (Å²) in [6.45, 7) is 1.62. The second-order valence-electron chi connectivity index (χ2n) is 3.78. The van der Waals surface area contributed by atoms with Gasteiger partial charge in [0, 0.05) is 6.07 Å². The minimum absolute atomic E-state index is 0.00692. The van der Waals surface area contributed by atoms with Crippen molar-refractivity contribution in [2.75, 3.05) is 13.7 Å². The van der Waals surface area contributed by atoms with Crippen LogP contribution in [0.5, 0.6) is 11.5 Å². The monoisotopic (exact) mass is 253 g/mol. The molecule has 0 aromatic heterocycles. The predicted octanol–water partition coefficient (Wildman–Crippen LogP) is 0.894. The molecule has 3 N–H and O–H groups in total. The third kappa shape index (κ3) is 3.38. The maximum Gasteiger partial charge on any atom is 0.339 e. The van der Waals surface area contributed by atoms with Gasteiger partial charge in [0.2, 0.25) is 5.91 Å². The molecule has 0 radical (unpaired) electrons. The summed E-state index contributed by atoms with van der Waals surface area (Å²) < 4.78 is 10.3. The Labute approximate surface area is 104 Å². The van der Waals surface area contributed by atoms with E-state index in [9.17, 15) is 9.59 Å². The van der Waals surface area contributed by atoms with Crippen molar-refractivity contribution in [1.82, 2.24) is 0 Å². The molecule has 1 aromatic carbocycles. The summed E-state index contributed by atoms with van der Waals surface area (Å²) in [6.07, 6.45) is 0. The topological polar surface area (TPSA) is 98.8 Å². The molecule has 1 rings (SSSR count). The quantitative estimate of drug-likeness (QED) is 0.784. The Morgan fingerprint density at radius 2 is 2.11 bits per heavy atom. The van der Waals surface area contributed by atoms with Gasteiger partial charge in [0.1, 0.15) is 17.1 Å². The van der Waals surface area contributed by atoms with Gasteiger partial charge in [-0.1, -0.05) is 6.92 Å². The van der Waals surface area contributed by atoms with Crippen LogP contribution >= 0.6 is 0 Å². The third-order valence-corrected chi connectivity index (χ3v) is 2.39. The van der Waals surface area contributed by atoms with Crippen LogP contribution in [0.2, 0.25) is 0 Å². The van der Waals surface area contributed by atoms with Crippen molar-refractivity contribution in [3.8, 4) is 11.5 Å². The molecule has 1 amide bonds. The van der Waals surface area contributed by atoms with Crippen LogP contribution in [0, 0.1) is 5.92 Å². The second kappa shape index (κ2) is 5.90. The van der Waals surface area contributed by atoms with E-state index < -0.39 is 17.8 Å². The summed E-state index contributed by atoms with van der Waals surface area (Å²) in [5.74, 6) is -1.50. The number of ether oxygens (including phenoxy) is 2. The number of carbonyl (C=O) groups excluding carboxylic acids is 1. The van der Waals surface area contributed by atoms with Crippen molar-refractivity contribution in [3.05, 3.63) is 23.8 Å². The highest BCUT2D eigenvalue weighted by Gasteiger charge is 2.15. The highest BCUT2D eigenvalue weighted by Crippen LogP contribution is 2.25. The van der Waals surface area contributed by atoms with E-state index in [2.05, 4.69) is 0 Å². The molecule has 0 aliphatic carbocycles. The fraction of sp³-hybridized carbons (Fsp3) is 0.333. The third-order valence-electron chi connectivity index (χ3n) is 2.39. The van der Waals surface area contributed by atoms with E-state index in [4.69, 9.17) is 20.3 Å². The first kappa shape index (κ1) is 13.8. The molecule has 0 bridgehead atoms. The Morgan fingerprint density at radius 1 is 1.44 bits per heavy atom. The number of hydrogen-bond acceptors (Lipinski definition) is 4. The normalized spacial score (nSPS) is 11.7. The number of methoxy groups -OCH3 is 1. The van der Waals surface area contributed by atoms with Gasteiger partial charge in [0.05, 0.1) is 19.6 Å². The molecule has 0 fully saturated rings. The summed E-state index contributed by atoms with van der Waals surface area (Å²) in [7, 11) is 1.46. The fourth-order valence-corrected chi connectivity index (χ4v) is 1.22. The summed E-state index contributed by atoms with van der Waals surface area (Å²) >= 11 is 0. The highest BCUT2D eigenvalue weighted by atomic mass is 16.5. The molecule has 0 aliphatic heterocycles. The van der Waals surface area contributed by atoms with Crippen LogP contribution in [0.25, 0.3) is 0 Å². The number of nitrogens with two attached hydrogens (primary N) is 1. The maximum absolute atomic E-state index is 11.0. The van der Waals surface area contributed by atoms with Crippen molar-refractivity contribution in [1.29, 1.82) is 0 Å². The lowest BCUT2D eigenvalue weighted by molar-refractivity contribution is -0.122. The molecule has 1 aromatic rings. The molecule has 1 unspecified atom stereocenters. The van der Waals surface area contributed by atoms with Gasteiger partial charge in [-0.25, -0.2) is 4.79 Å². The van der Waals surface area contributed by atoms with Crippen molar-refractivity contribution in [2.24, 2.45) is 11.7 Å². The van der Waals surface area contributed by atoms with Gasteiger partial charge >= 0.3 is 5.97 Å². The van der Waals surface area contributed by atoms with Crippen molar-refractivity contribution >= 4 is 11.9 Å². The Hall–Kier alpha value is -2.24. The first-order valence-electron chi connectivity index (χ1n) is 5.29. The number of rotatable bonds is 6. The van der Waals surface area contributed by atoms with E-state index >= 15 is 0 Å². The number of primary amides is 1. The average molecular weight is 253 g/mol. The maximum atomic E-state index is 11.0. The largest absolute Gasteiger partial charge is 0.497 e. The van der Waals surface area contributed by atoms with Gasteiger partial charge < -0.3 is 20.3 Å². The molecular weight excluding hydrogens is 238 g/mol.